The average molecular weight is 264 g/mol. The van der Waals surface area contributed by atoms with E-state index in [0.29, 0.717) is 6.26 Å². The van der Waals surface area contributed by atoms with Gasteiger partial charge in [0.25, 0.3) is 5.76 Å². The minimum absolute atomic E-state index is 0.370. The van der Waals surface area contributed by atoms with E-state index in [4.69, 9.17) is 0 Å². The van der Waals surface area contributed by atoms with Gasteiger partial charge in [0.2, 0.25) is 0 Å². The van der Waals surface area contributed by atoms with Gasteiger partial charge in [-0.25, -0.2) is 4.79 Å². The molecule has 0 rings (SSSR count). The molecule has 0 amide bonds. The van der Waals surface area contributed by atoms with Crippen LogP contribution < -0.4 is 0 Å². The van der Waals surface area contributed by atoms with Crippen LogP contribution in [0.1, 0.15) is 0 Å². The Balaban J connectivity index is 5.08. The smallest absolute Gasteiger partial charge is 0.500 e. The third kappa shape index (κ3) is 3.61. The van der Waals surface area contributed by atoms with E-state index in [0.717, 1.165) is 14.2 Å². The molecule has 0 aromatic carbocycles. The van der Waals surface area contributed by atoms with E-state index in [1.807, 2.05) is 0 Å². The Labute approximate surface area is 88.7 Å². The first kappa shape index (κ1) is 14.6. The van der Waals surface area contributed by atoms with Gasteiger partial charge in [-0.2, -0.15) is 21.6 Å². The van der Waals surface area contributed by atoms with Crippen molar-refractivity contribution >= 4 is 16.1 Å². The third-order valence-electron chi connectivity index (χ3n) is 1.09. The van der Waals surface area contributed by atoms with Crippen molar-refractivity contribution in [1.82, 2.24) is 0 Å². The molecule has 0 aliphatic carbocycles. The zero-order chi connectivity index (χ0) is 13.0. The SMILES string of the molecule is CO/C=C(/OS(=O)(=O)C(F)(F)F)C(=O)OC. The minimum Gasteiger partial charge on any atom is -0.500 e. The molecule has 0 N–H and O–H groups in total. The molecule has 0 fully saturated rings. The number of rotatable bonds is 4. The van der Waals surface area contributed by atoms with Gasteiger partial charge in [0, 0.05) is 0 Å². The number of esters is 1. The molecule has 0 aromatic heterocycles. The van der Waals surface area contributed by atoms with Crippen molar-refractivity contribution in [3.63, 3.8) is 0 Å². The lowest BCUT2D eigenvalue weighted by Gasteiger charge is -2.10. The first-order valence-corrected chi connectivity index (χ1v) is 4.88. The van der Waals surface area contributed by atoms with Crippen LogP contribution in [0.4, 0.5) is 13.2 Å². The molecule has 0 bridgehead atoms. The molecule has 16 heavy (non-hydrogen) atoms. The third-order valence-corrected chi connectivity index (χ3v) is 2.06. The molecule has 0 saturated heterocycles. The van der Waals surface area contributed by atoms with Crippen LogP contribution >= 0.6 is 0 Å². The summed E-state index contributed by atoms with van der Waals surface area (Å²) in [5, 5.41) is 0. The van der Waals surface area contributed by atoms with E-state index in [1.165, 1.54) is 0 Å². The van der Waals surface area contributed by atoms with Crippen molar-refractivity contribution < 1.29 is 40.0 Å². The van der Waals surface area contributed by atoms with Gasteiger partial charge >= 0.3 is 21.6 Å². The molecular formula is C6H7F3O6S. The fraction of sp³-hybridized carbons (Fsp3) is 0.500. The molecule has 0 aliphatic rings. The number of carbonyl (C=O) groups is 1. The summed E-state index contributed by atoms with van der Waals surface area (Å²) in [4.78, 5) is 10.8. The highest BCUT2D eigenvalue weighted by atomic mass is 32.2. The van der Waals surface area contributed by atoms with Gasteiger partial charge in [0.15, 0.2) is 0 Å². The molecule has 0 saturated carbocycles. The lowest BCUT2D eigenvalue weighted by molar-refractivity contribution is -0.139. The molecular weight excluding hydrogens is 257 g/mol. The average Bonchev–Trinajstić information content (AvgIpc) is 2.14. The second-order valence-corrected chi connectivity index (χ2v) is 3.73. The van der Waals surface area contributed by atoms with Crippen molar-refractivity contribution in [3.05, 3.63) is 12.0 Å². The molecule has 10 heteroatoms. The highest BCUT2D eigenvalue weighted by molar-refractivity contribution is 7.87. The molecule has 0 unspecified atom stereocenters. The first-order valence-electron chi connectivity index (χ1n) is 3.47. The van der Waals surface area contributed by atoms with Crippen LogP contribution in [0.25, 0.3) is 0 Å². The minimum atomic E-state index is -5.92. The van der Waals surface area contributed by atoms with Gasteiger partial charge in [0.05, 0.1) is 14.2 Å². The highest BCUT2D eigenvalue weighted by Gasteiger charge is 2.49. The van der Waals surface area contributed by atoms with Gasteiger partial charge in [-0.05, 0) is 0 Å². The summed E-state index contributed by atoms with van der Waals surface area (Å²) in [5.74, 6) is -2.66. The van der Waals surface area contributed by atoms with Crippen LogP contribution in [0, 0.1) is 0 Å². The first-order chi connectivity index (χ1) is 7.15. The lowest BCUT2D eigenvalue weighted by Crippen LogP contribution is -2.27. The number of carbonyl (C=O) groups excluding carboxylic acids is 1. The standard InChI is InChI=1S/C6H7F3O6S/c1-13-3-4(5(10)14-2)15-16(11,12)6(7,8)9/h3H,1-2H3/b4-3+. The summed E-state index contributed by atoms with van der Waals surface area (Å²) >= 11 is 0. The molecule has 6 nitrogen and oxygen atoms in total. The van der Waals surface area contributed by atoms with Crippen molar-refractivity contribution in [2.45, 2.75) is 5.51 Å². The Hall–Kier alpha value is -1.45. The van der Waals surface area contributed by atoms with Crippen LogP contribution in [0.5, 0.6) is 0 Å². The Morgan fingerprint density at radius 1 is 1.25 bits per heavy atom. The van der Waals surface area contributed by atoms with Crippen molar-refractivity contribution in [2.75, 3.05) is 14.2 Å². The Kier molecular flexibility index (Phi) is 4.60. The monoisotopic (exact) mass is 264 g/mol. The predicted octanol–water partition coefficient (Wildman–Crippen LogP) is 0.513. The van der Waals surface area contributed by atoms with E-state index in [2.05, 4.69) is 13.7 Å². The van der Waals surface area contributed by atoms with Gasteiger partial charge in [0.1, 0.15) is 6.26 Å². The number of alkyl halides is 3. The molecule has 0 atom stereocenters. The summed E-state index contributed by atoms with van der Waals surface area (Å²) in [7, 11) is -4.12. The van der Waals surface area contributed by atoms with Crippen molar-refractivity contribution in [2.24, 2.45) is 0 Å². The highest BCUT2D eigenvalue weighted by Crippen LogP contribution is 2.26. The van der Waals surface area contributed by atoms with Gasteiger partial charge in [-0.3, -0.25) is 0 Å². The second-order valence-electron chi connectivity index (χ2n) is 2.19. The molecule has 0 aromatic rings. The molecule has 0 radical (unpaired) electrons. The summed E-state index contributed by atoms with van der Waals surface area (Å²) in [6.45, 7) is 0. The van der Waals surface area contributed by atoms with Crippen LogP contribution in [0.15, 0.2) is 12.0 Å². The summed E-state index contributed by atoms with van der Waals surface area (Å²) < 4.78 is 68.3. The maximum Gasteiger partial charge on any atom is 0.534 e. The normalized spacial score (nSPS) is 13.2. The maximum atomic E-state index is 11.9. The van der Waals surface area contributed by atoms with Crippen molar-refractivity contribution in [1.29, 1.82) is 0 Å². The van der Waals surface area contributed by atoms with Crippen LogP contribution in [0.2, 0.25) is 0 Å². The Morgan fingerprint density at radius 3 is 2.06 bits per heavy atom. The number of methoxy groups -OCH3 is 2. The van der Waals surface area contributed by atoms with Gasteiger partial charge < -0.3 is 13.7 Å². The van der Waals surface area contributed by atoms with E-state index in [9.17, 15) is 26.4 Å². The number of hydrogen-bond donors (Lipinski definition) is 0. The van der Waals surface area contributed by atoms with Crippen molar-refractivity contribution in [3.8, 4) is 0 Å². The van der Waals surface area contributed by atoms with E-state index >= 15 is 0 Å². The predicted molar refractivity (Wildman–Crippen MR) is 43.2 cm³/mol. The van der Waals surface area contributed by atoms with Crippen LogP contribution in [0.3, 0.4) is 0 Å². The van der Waals surface area contributed by atoms with E-state index < -0.39 is 27.4 Å². The van der Waals surface area contributed by atoms with Crippen LogP contribution in [-0.4, -0.2) is 34.1 Å². The van der Waals surface area contributed by atoms with E-state index in [-0.39, 0.29) is 0 Å². The second kappa shape index (κ2) is 5.05. The largest absolute Gasteiger partial charge is 0.534 e. The van der Waals surface area contributed by atoms with Gasteiger partial charge in [-0.1, -0.05) is 0 Å². The fourth-order valence-corrected chi connectivity index (χ4v) is 0.913. The van der Waals surface area contributed by atoms with Crippen LogP contribution in [-0.2, 0) is 28.6 Å². The Morgan fingerprint density at radius 2 is 1.75 bits per heavy atom. The van der Waals surface area contributed by atoms with Gasteiger partial charge in [-0.15, -0.1) is 0 Å². The summed E-state index contributed by atoms with van der Waals surface area (Å²) in [6, 6.07) is 0. The zero-order valence-corrected chi connectivity index (χ0v) is 8.89. The molecule has 0 aliphatic heterocycles. The fourth-order valence-electron chi connectivity index (χ4n) is 0.475. The molecule has 94 valence electrons. The molecule has 0 heterocycles. The quantitative estimate of drug-likeness (QED) is 0.242. The zero-order valence-electron chi connectivity index (χ0n) is 8.07. The number of hydrogen-bond acceptors (Lipinski definition) is 6. The lowest BCUT2D eigenvalue weighted by atomic mass is 10.6. The number of ether oxygens (including phenoxy) is 2. The molecule has 0 spiro atoms. The topological polar surface area (TPSA) is 78.9 Å². The number of halogens is 3. The summed E-state index contributed by atoms with van der Waals surface area (Å²) in [6.07, 6.45) is 0.370. The maximum absolute atomic E-state index is 11.9. The van der Waals surface area contributed by atoms with E-state index in [1.54, 1.807) is 0 Å². The summed E-state index contributed by atoms with van der Waals surface area (Å²) in [5.41, 5.74) is -5.64. The Bertz CT molecular complexity index is 382.